The first-order valence-electron chi connectivity index (χ1n) is 9.05. The van der Waals surface area contributed by atoms with E-state index in [1.54, 1.807) is 10.7 Å². The van der Waals surface area contributed by atoms with Crippen LogP contribution in [0.2, 0.25) is 25.7 Å². The number of hydrogen-bond acceptors (Lipinski definition) is 4. The number of rotatable bonds is 6. The van der Waals surface area contributed by atoms with E-state index in [9.17, 15) is 4.39 Å². The second-order valence-corrected chi connectivity index (χ2v) is 13.6. The highest BCUT2D eigenvalue weighted by Gasteiger charge is 2.18. The lowest BCUT2D eigenvalue weighted by Gasteiger charge is -2.29. The first-order chi connectivity index (χ1) is 11.8. The summed E-state index contributed by atoms with van der Waals surface area (Å²) < 4.78 is 22.3. The van der Waals surface area contributed by atoms with Gasteiger partial charge in [0.25, 0.3) is 0 Å². The van der Waals surface area contributed by atoms with Crippen molar-refractivity contribution in [1.82, 2.24) is 15.1 Å². The minimum Gasteiger partial charge on any atom is -0.367 e. The zero-order chi connectivity index (χ0) is 18.0. The quantitative estimate of drug-likeness (QED) is 0.631. The molecule has 1 aliphatic rings. The average molecular weight is 365 g/mol. The van der Waals surface area contributed by atoms with Crippen molar-refractivity contribution in [2.24, 2.45) is 0 Å². The van der Waals surface area contributed by atoms with Crippen molar-refractivity contribution in [1.29, 1.82) is 0 Å². The Morgan fingerprint density at radius 2 is 1.96 bits per heavy atom. The molecule has 2 heterocycles. The molecule has 0 atom stereocenters. The molecule has 138 valence electrons. The summed E-state index contributed by atoms with van der Waals surface area (Å²) in [4.78, 5) is 2.10. The van der Waals surface area contributed by atoms with E-state index in [1.165, 1.54) is 0 Å². The fourth-order valence-electron chi connectivity index (χ4n) is 3.12. The van der Waals surface area contributed by atoms with E-state index in [-0.39, 0.29) is 5.82 Å². The highest BCUT2D eigenvalue weighted by atomic mass is 28.3. The Morgan fingerprint density at radius 1 is 1.24 bits per heavy atom. The van der Waals surface area contributed by atoms with Crippen LogP contribution in [0.25, 0.3) is 10.9 Å². The van der Waals surface area contributed by atoms with Gasteiger partial charge in [0.15, 0.2) is 0 Å². The van der Waals surface area contributed by atoms with E-state index in [0.29, 0.717) is 12.4 Å². The average Bonchev–Trinajstić information content (AvgIpc) is 2.86. The molecule has 7 heteroatoms. The first kappa shape index (κ1) is 18.4. The van der Waals surface area contributed by atoms with Crippen LogP contribution >= 0.6 is 0 Å². The summed E-state index contributed by atoms with van der Waals surface area (Å²) in [6.45, 7) is 13.5. The third-order valence-electron chi connectivity index (χ3n) is 4.67. The van der Waals surface area contributed by atoms with E-state index in [2.05, 4.69) is 35.0 Å². The molecule has 1 N–H and O–H groups in total. The molecule has 1 saturated heterocycles. The van der Waals surface area contributed by atoms with Gasteiger partial charge in [-0.15, -0.1) is 0 Å². The Hall–Kier alpha value is -1.44. The molecule has 3 rings (SSSR count). The maximum Gasteiger partial charge on any atom is 0.148 e. The van der Waals surface area contributed by atoms with Crippen molar-refractivity contribution in [2.75, 3.05) is 37.7 Å². The van der Waals surface area contributed by atoms with E-state index in [1.807, 2.05) is 13.0 Å². The topological polar surface area (TPSA) is 42.3 Å². The summed E-state index contributed by atoms with van der Waals surface area (Å²) in [5, 5.41) is 8.86. The minimum atomic E-state index is -1.10. The van der Waals surface area contributed by atoms with Gasteiger partial charge in [0.2, 0.25) is 0 Å². The van der Waals surface area contributed by atoms with Gasteiger partial charge >= 0.3 is 0 Å². The van der Waals surface area contributed by atoms with Crippen LogP contribution in [0.4, 0.5) is 10.1 Å². The number of benzene rings is 1. The maximum atomic E-state index is 14.7. The molecule has 2 aromatic rings. The second kappa shape index (κ2) is 7.43. The van der Waals surface area contributed by atoms with E-state index < -0.39 is 8.07 Å². The SMILES string of the molecule is Cc1nn(COCC[Si](C)(C)C)c2cc(F)c(N3CCNCC3)cc12. The van der Waals surface area contributed by atoms with Gasteiger partial charge in [0.1, 0.15) is 12.5 Å². The predicted molar refractivity (Wildman–Crippen MR) is 104 cm³/mol. The van der Waals surface area contributed by atoms with Crippen molar-refractivity contribution in [3.05, 3.63) is 23.6 Å². The molecule has 1 aliphatic heterocycles. The van der Waals surface area contributed by atoms with Gasteiger partial charge in [-0.25, -0.2) is 9.07 Å². The van der Waals surface area contributed by atoms with E-state index in [4.69, 9.17) is 4.74 Å². The number of aryl methyl sites for hydroxylation is 1. The van der Waals surface area contributed by atoms with Crippen molar-refractivity contribution in [3.8, 4) is 0 Å². The largest absolute Gasteiger partial charge is 0.367 e. The Balaban J connectivity index is 1.78. The summed E-state index contributed by atoms with van der Waals surface area (Å²) in [5.41, 5.74) is 2.40. The molecule has 0 spiro atoms. The van der Waals surface area contributed by atoms with Crippen molar-refractivity contribution < 1.29 is 9.13 Å². The number of nitrogens with zero attached hydrogens (tertiary/aromatic N) is 3. The number of nitrogens with one attached hydrogen (secondary N) is 1. The number of aromatic nitrogens is 2. The molecular weight excluding hydrogens is 335 g/mol. The minimum absolute atomic E-state index is 0.183. The number of halogens is 1. The van der Waals surface area contributed by atoms with Gasteiger partial charge in [-0.05, 0) is 19.0 Å². The zero-order valence-corrected chi connectivity index (χ0v) is 16.7. The van der Waals surface area contributed by atoms with Crippen LogP contribution in [0.15, 0.2) is 12.1 Å². The molecular formula is C18H29FN4OSi. The van der Waals surface area contributed by atoms with Crippen LogP contribution in [0.5, 0.6) is 0 Å². The highest BCUT2D eigenvalue weighted by molar-refractivity contribution is 6.76. The molecule has 1 aromatic carbocycles. The van der Waals surface area contributed by atoms with Gasteiger partial charge in [0.05, 0.1) is 16.9 Å². The Morgan fingerprint density at radius 3 is 2.64 bits per heavy atom. The van der Waals surface area contributed by atoms with Crippen LogP contribution in [-0.2, 0) is 11.5 Å². The highest BCUT2D eigenvalue weighted by Crippen LogP contribution is 2.28. The van der Waals surface area contributed by atoms with Crippen molar-refractivity contribution in [3.63, 3.8) is 0 Å². The van der Waals surface area contributed by atoms with E-state index >= 15 is 0 Å². The Kier molecular flexibility index (Phi) is 5.45. The third-order valence-corrected chi connectivity index (χ3v) is 6.38. The number of piperazine rings is 1. The lowest BCUT2D eigenvalue weighted by molar-refractivity contribution is 0.0814. The summed E-state index contributed by atoms with van der Waals surface area (Å²) in [6.07, 6.45) is 0. The molecule has 0 bridgehead atoms. The molecule has 0 radical (unpaired) electrons. The second-order valence-electron chi connectivity index (χ2n) is 7.99. The number of fused-ring (bicyclic) bond motifs is 1. The standard InChI is InChI=1S/C18H29FN4OSi/c1-14-15-11-18(22-7-5-20-6-8-22)16(19)12-17(15)23(21-14)13-24-9-10-25(2,3)4/h11-12,20H,5-10,13H2,1-4H3. The van der Waals surface area contributed by atoms with Crippen LogP contribution in [0, 0.1) is 12.7 Å². The molecule has 25 heavy (non-hydrogen) atoms. The van der Waals surface area contributed by atoms with Gasteiger partial charge in [-0.1, -0.05) is 19.6 Å². The van der Waals surface area contributed by atoms with Gasteiger partial charge in [-0.2, -0.15) is 5.10 Å². The first-order valence-corrected chi connectivity index (χ1v) is 12.8. The fraction of sp³-hybridized carbons (Fsp3) is 0.611. The van der Waals surface area contributed by atoms with Crippen LogP contribution in [-0.4, -0.2) is 50.6 Å². The molecule has 0 amide bonds. The van der Waals surface area contributed by atoms with Crippen molar-refractivity contribution in [2.45, 2.75) is 39.3 Å². The fourth-order valence-corrected chi connectivity index (χ4v) is 3.88. The molecule has 0 saturated carbocycles. The smallest absolute Gasteiger partial charge is 0.148 e. The Labute approximate surface area is 150 Å². The van der Waals surface area contributed by atoms with Crippen molar-refractivity contribution >= 4 is 24.7 Å². The normalized spacial score (nSPS) is 16.0. The van der Waals surface area contributed by atoms with Gasteiger partial charge < -0.3 is 15.0 Å². The molecule has 1 aromatic heterocycles. The van der Waals surface area contributed by atoms with Crippen LogP contribution in [0.3, 0.4) is 0 Å². The molecule has 0 aliphatic carbocycles. The summed E-state index contributed by atoms with van der Waals surface area (Å²) in [6, 6.07) is 4.66. The number of ether oxygens (including phenoxy) is 1. The Bertz CT molecular complexity index is 735. The number of hydrogen-bond donors (Lipinski definition) is 1. The number of anilines is 1. The summed E-state index contributed by atoms with van der Waals surface area (Å²) in [7, 11) is -1.10. The summed E-state index contributed by atoms with van der Waals surface area (Å²) in [5.74, 6) is -0.183. The lowest BCUT2D eigenvalue weighted by Crippen LogP contribution is -2.43. The predicted octanol–water partition coefficient (Wildman–Crippen LogP) is 3.21. The van der Waals surface area contributed by atoms with Gasteiger partial charge in [0, 0.05) is 52.3 Å². The third kappa shape index (κ3) is 4.40. The maximum absolute atomic E-state index is 14.7. The van der Waals surface area contributed by atoms with Crippen LogP contribution in [0.1, 0.15) is 5.69 Å². The monoisotopic (exact) mass is 364 g/mol. The summed E-state index contributed by atoms with van der Waals surface area (Å²) >= 11 is 0. The van der Waals surface area contributed by atoms with Crippen LogP contribution < -0.4 is 10.2 Å². The molecule has 0 unspecified atom stereocenters. The molecule has 5 nitrogen and oxygen atoms in total. The zero-order valence-electron chi connectivity index (χ0n) is 15.7. The lowest BCUT2D eigenvalue weighted by atomic mass is 10.1. The van der Waals surface area contributed by atoms with Gasteiger partial charge in [-0.3, -0.25) is 0 Å². The molecule has 1 fully saturated rings. The van der Waals surface area contributed by atoms with E-state index in [0.717, 1.165) is 55.4 Å².